The molecule has 0 fully saturated rings. The molecule has 0 bridgehead atoms. The number of hydrogen-bond acceptors (Lipinski definition) is 1. The minimum Gasteiger partial charge on any atom is -0.310 e. The van der Waals surface area contributed by atoms with Crippen LogP contribution in [0.5, 0.6) is 0 Å². The highest BCUT2D eigenvalue weighted by atomic mass is 28.3. The number of benzene rings is 12. The summed E-state index contributed by atoms with van der Waals surface area (Å²) in [6.45, 7) is 4.78. The lowest BCUT2D eigenvalue weighted by Gasteiger charge is -2.32. The Kier molecular flexibility index (Phi) is 9.69. The summed E-state index contributed by atoms with van der Waals surface area (Å²) in [5.41, 5.74) is 26.2. The number of rotatable bonds is 7. The van der Waals surface area contributed by atoms with Gasteiger partial charge in [0.1, 0.15) is 0 Å². The molecule has 1 aliphatic heterocycles. The van der Waals surface area contributed by atoms with Gasteiger partial charge in [-0.1, -0.05) is 263 Å². The molecule has 0 unspecified atom stereocenters. The summed E-state index contributed by atoms with van der Waals surface area (Å²) in [4.78, 5) is 2.53. The highest BCUT2D eigenvalue weighted by Crippen LogP contribution is 2.63. The van der Waals surface area contributed by atoms with Gasteiger partial charge in [0.2, 0.25) is 0 Å². The van der Waals surface area contributed by atoms with Crippen LogP contribution in [0.1, 0.15) is 47.2 Å². The van der Waals surface area contributed by atoms with E-state index in [4.69, 9.17) is 0 Å². The van der Waals surface area contributed by atoms with Crippen molar-refractivity contribution < 1.29 is 0 Å². The van der Waals surface area contributed by atoms with E-state index in [9.17, 15) is 0 Å². The van der Waals surface area contributed by atoms with Crippen LogP contribution in [0.15, 0.2) is 285 Å². The first kappa shape index (κ1) is 44.9. The molecule has 4 aliphatic rings. The molecule has 3 aliphatic carbocycles. The van der Waals surface area contributed by atoms with Crippen LogP contribution in [0.3, 0.4) is 0 Å². The Hall–Kier alpha value is -9.34. The van der Waals surface area contributed by atoms with Gasteiger partial charge in [-0.2, -0.15) is 0 Å². The average molecular weight is 1010 g/mol. The summed E-state index contributed by atoms with van der Waals surface area (Å²) < 4.78 is 0. The smallest absolute Gasteiger partial charge is 0.180 e. The molecule has 78 heavy (non-hydrogen) atoms. The van der Waals surface area contributed by atoms with E-state index < -0.39 is 13.5 Å². The molecule has 1 nitrogen and oxygen atoms in total. The average Bonchev–Trinajstić information content (AvgIpc) is 4.14. The van der Waals surface area contributed by atoms with E-state index in [1.54, 1.807) is 0 Å². The summed E-state index contributed by atoms with van der Waals surface area (Å²) in [6, 6.07) is 108. The summed E-state index contributed by atoms with van der Waals surface area (Å²) >= 11 is 0. The summed E-state index contributed by atoms with van der Waals surface area (Å²) in [7, 11) is -2.74. The Labute approximate surface area is 458 Å². The second kappa shape index (κ2) is 16.8. The first-order valence-electron chi connectivity index (χ1n) is 27.5. The molecule has 0 saturated heterocycles. The number of nitrogens with zero attached hydrogens (tertiary/aromatic N) is 1. The van der Waals surface area contributed by atoms with Crippen molar-refractivity contribution in [3.8, 4) is 66.8 Å². The van der Waals surface area contributed by atoms with E-state index in [0.717, 1.165) is 17.1 Å². The van der Waals surface area contributed by atoms with Crippen LogP contribution in [-0.4, -0.2) is 8.07 Å². The summed E-state index contributed by atoms with van der Waals surface area (Å²) in [5.74, 6) is 0. The van der Waals surface area contributed by atoms with Gasteiger partial charge in [-0.25, -0.2) is 0 Å². The van der Waals surface area contributed by atoms with Crippen molar-refractivity contribution in [3.63, 3.8) is 0 Å². The SMILES string of the molecule is CC1(C)c2ccccc2-c2ccc(N(c3ccc(-c4cccc([Si]5(c6ccccc6)c6ccccc6-c6ccccc65)c4)c(-c4ccccc4)c3)c3ccc4c(c3)-c3ccccc3C43c4ccccc4-c4ccccc43)cc21. The molecule has 12 aromatic carbocycles. The molecule has 0 aromatic heterocycles. The normalized spacial score (nSPS) is 14.6. The molecule has 0 radical (unpaired) electrons. The Morgan fingerprint density at radius 3 is 1.28 bits per heavy atom. The molecule has 2 heteroatoms. The minimum atomic E-state index is -2.74. The van der Waals surface area contributed by atoms with E-state index in [2.05, 4.69) is 304 Å². The molecule has 0 saturated carbocycles. The van der Waals surface area contributed by atoms with Crippen molar-refractivity contribution >= 4 is 45.9 Å². The lowest BCUT2D eigenvalue weighted by atomic mass is 9.70. The Balaban J connectivity index is 0.917. The molecule has 0 N–H and O–H groups in total. The third-order valence-electron chi connectivity index (χ3n) is 18.2. The van der Waals surface area contributed by atoms with Crippen LogP contribution in [0, 0.1) is 0 Å². The second-order valence-electron chi connectivity index (χ2n) is 22.2. The van der Waals surface area contributed by atoms with Gasteiger partial charge < -0.3 is 4.90 Å². The summed E-state index contributed by atoms with van der Waals surface area (Å²) in [5, 5.41) is 5.69. The standard InChI is InChI=1S/C76H53NSi/c1-75(2)67-34-15-9-28-58(67)62-44-41-54(49-72(62)75)77(53-42-45-71-66(48-53)61-31-12-18-37-70(61)76(71)68-35-16-10-29-59(68)60-30-11-17-36-69(60)76)52-40-43-57(65(47-52)50-22-5-3-6-23-50)51-24-21-27-56(46-51)78(55-25-7-4-8-26-55)73-38-19-13-32-63(73)64-33-14-20-39-74(64)78/h3-49H,1-2H3. The Morgan fingerprint density at radius 2 is 0.667 bits per heavy atom. The van der Waals surface area contributed by atoms with Crippen LogP contribution in [0.25, 0.3) is 66.8 Å². The molecule has 12 aromatic rings. The van der Waals surface area contributed by atoms with Crippen LogP contribution in [0.4, 0.5) is 17.1 Å². The fourth-order valence-corrected chi connectivity index (χ4v) is 20.1. The zero-order valence-corrected chi connectivity index (χ0v) is 44.6. The molecule has 0 amide bonds. The van der Waals surface area contributed by atoms with E-state index in [1.165, 1.54) is 121 Å². The maximum atomic E-state index is 2.53. The number of anilines is 3. The van der Waals surface area contributed by atoms with E-state index in [-0.39, 0.29) is 5.41 Å². The topological polar surface area (TPSA) is 3.24 Å². The van der Waals surface area contributed by atoms with Crippen LogP contribution in [0.2, 0.25) is 0 Å². The van der Waals surface area contributed by atoms with Crippen molar-refractivity contribution in [2.24, 2.45) is 0 Å². The van der Waals surface area contributed by atoms with Crippen molar-refractivity contribution in [1.29, 1.82) is 0 Å². The maximum absolute atomic E-state index is 2.74. The lowest BCUT2D eigenvalue weighted by Crippen LogP contribution is -2.72. The molecule has 1 heterocycles. The predicted molar refractivity (Wildman–Crippen MR) is 328 cm³/mol. The van der Waals surface area contributed by atoms with Crippen molar-refractivity contribution in [2.45, 2.75) is 24.7 Å². The van der Waals surface area contributed by atoms with Gasteiger partial charge in [-0.3, -0.25) is 0 Å². The molecule has 366 valence electrons. The van der Waals surface area contributed by atoms with Gasteiger partial charge in [-0.15, -0.1) is 0 Å². The van der Waals surface area contributed by atoms with Gasteiger partial charge in [0.25, 0.3) is 0 Å². The van der Waals surface area contributed by atoms with Crippen molar-refractivity contribution in [3.05, 3.63) is 318 Å². The molecular formula is C76H53NSi. The minimum absolute atomic E-state index is 0.176. The third-order valence-corrected chi connectivity index (χ3v) is 23.0. The van der Waals surface area contributed by atoms with Crippen LogP contribution >= 0.6 is 0 Å². The van der Waals surface area contributed by atoms with Crippen LogP contribution in [-0.2, 0) is 10.8 Å². The first-order valence-corrected chi connectivity index (χ1v) is 29.5. The second-order valence-corrected chi connectivity index (χ2v) is 26.0. The number of fused-ring (bicyclic) bond motifs is 16. The molecule has 1 spiro atoms. The van der Waals surface area contributed by atoms with Crippen LogP contribution < -0.4 is 25.6 Å². The summed E-state index contributed by atoms with van der Waals surface area (Å²) in [6.07, 6.45) is 0. The highest BCUT2D eigenvalue weighted by Gasteiger charge is 2.52. The van der Waals surface area contributed by atoms with Crippen molar-refractivity contribution in [1.82, 2.24) is 0 Å². The molecule has 0 atom stereocenters. The predicted octanol–water partition coefficient (Wildman–Crippen LogP) is 16.5. The largest absolute Gasteiger partial charge is 0.310 e. The molecule has 16 rings (SSSR count). The number of hydrogen-bond donors (Lipinski definition) is 0. The van der Waals surface area contributed by atoms with Crippen molar-refractivity contribution in [2.75, 3.05) is 4.90 Å². The van der Waals surface area contributed by atoms with E-state index >= 15 is 0 Å². The van der Waals surface area contributed by atoms with Gasteiger partial charge >= 0.3 is 0 Å². The first-order chi connectivity index (χ1) is 38.5. The highest BCUT2D eigenvalue weighted by molar-refractivity contribution is 7.22. The fraction of sp³-hybridized carbons (Fsp3) is 0.0526. The lowest BCUT2D eigenvalue weighted by molar-refractivity contribution is 0.660. The molecular weight excluding hydrogens is 955 g/mol. The quantitative estimate of drug-likeness (QED) is 0.144. The fourth-order valence-electron chi connectivity index (χ4n) is 14.9. The van der Waals surface area contributed by atoms with E-state index in [1.807, 2.05) is 0 Å². The maximum Gasteiger partial charge on any atom is 0.180 e. The Morgan fingerprint density at radius 1 is 0.256 bits per heavy atom. The Bertz CT molecular complexity index is 4340. The van der Waals surface area contributed by atoms with E-state index in [0.29, 0.717) is 0 Å². The van der Waals surface area contributed by atoms with Gasteiger partial charge in [0, 0.05) is 22.5 Å². The third kappa shape index (κ3) is 6.07. The van der Waals surface area contributed by atoms with Gasteiger partial charge in [-0.05, 0) is 157 Å². The van der Waals surface area contributed by atoms with Gasteiger partial charge in [0.15, 0.2) is 8.07 Å². The monoisotopic (exact) mass is 1010 g/mol. The van der Waals surface area contributed by atoms with Gasteiger partial charge in [0.05, 0.1) is 5.41 Å². The zero-order chi connectivity index (χ0) is 51.7. The zero-order valence-electron chi connectivity index (χ0n) is 43.6.